The van der Waals surface area contributed by atoms with Crippen LogP contribution in [0, 0.1) is 145 Å². The first-order chi connectivity index (χ1) is 30.5. The monoisotopic (exact) mass is 927 g/mol. The molecule has 0 radical (unpaired) electrons. The Morgan fingerprint density at radius 3 is 0.985 bits per heavy atom. The van der Waals surface area contributed by atoms with Crippen LogP contribution >= 0.6 is 22.7 Å². The lowest BCUT2D eigenvalue weighted by Gasteiger charge is -2.19. The minimum absolute atomic E-state index is 0.172. The largest absolute Gasteiger partial charge is 0.294 e. The third-order valence-corrected chi connectivity index (χ3v) is 17.1. The third kappa shape index (κ3) is 14.4. The van der Waals surface area contributed by atoms with Crippen molar-refractivity contribution in [3.05, 3.63) is 166 Å². The van der Waals surface area contributed by atoms with Crippen LogP contribution in [0.3, 0.4) is 0 Å². The second-order valence-electron chi connectivity index (χ2n) is 18.8. The van der Waals surface area contributed by atoms with E-state index in [1.54, 1.807) is 6.92 Å². The lowest BCUT2D eigenvalue weighted by atomic mass is 9.86. The fourth-order valence-electron chi connectivity index (χ4n) is 8.60. The molecule has 0 aliphatic carbocycles. The number of carbonyl (C=O) groups is 1. The van der Waals surface area contributed by atoms with Crippen molar-refractivity contribution in [2.45, 2.75) is 194 Å². The van der Waals surface area contributed by atoms with E-state index in [9.17, 15) is 4.79 Å². The van der Waals surface area contributed by atoms with E-state index >= 15 is 0 Å². The Kier molecular flexibility index (Phi) is 23.8. The minimum atomic E-state index is 0.172. The molecule has 0 saturated heterocycles. The summed E-state index contributed by atoms with van der Waals surface area (Å²) in [7, 11) is 0. The van der Waals surface area contributed by atoms with Gasteiger partial charge in [0.25, 0.3) is 0 Å². The van der Waals surface area contributed by atoms with Gasteiger partial charge in [-0.1, -0.05) is 36.0 Å². The summed E-state index contributed by atoms with van der Waals surface area (Å²) < 4.78 is 0. The van der Waals surface area contributed by atoms with Crippen LogP contribution in [0.5, 0.6) is 0 Å². The smallest absolute Gasteiger partial charge is 0.160 e. The van der Waals surface area contributed by atoms with E-state index in [1.807, 2.05) is 36.5 Å². The highest BCUT2D eigenvalue weighted by atomic mass is 32.1. The topological polar surface area (TPSA) is 17.1 Å². The SMILES string of the molecule is CC(=O)c1c(C)c(C)c(C)c(C)c1C.CC(C)=Cc1c(C)c(C)c(C)c(C)c1C.CC=C(C)c1c(C)c(C)c(C)c(C)c1C.CC=Cc1c(C)sc(C)c1C.CC=Cc1sc(C)c(C)c1C. The molecule has 0 aliphatic rings. The number of allylic oxidation sites excluding steroid dienone is 5. The Balaban J connectivity index is 0.000000415. The number of hydrogen-bond acceptors (Lipinski definition) is 3. The molecule has 2 aromatic heterocycles. The van der Waals surface area contributed by atoms with Crippen LogP contribution in [0.2, 0.25) is 0 Å². The Morgan fingerprint density at radius 1 is 0.348 bits per heavy atom. The number of aryl methyl sites for hydroxylation is 3. The Morgan fingerprint density at radius 2 is 0.697 bits per heavy atom. The summed E-state index contributed by atoms with van der Waals surface area (Å²) >= 11 is 3.76. The van der Waals surface area contributed by atoms with Gasteiger partial charge in [0.1, 0.15) is 0 Å². The van der Waals surface area contributed by atoms with Crippen LogP contribution in [-0.2, 0) is 0 Å². The molecule has 66 heavy (non-hydrogen) atoms. The predicted molar refractivity (Wildman–Crippen MR) is 306 cm³/mol. The summed E-state index contributed by atoms with van der Waals surface area (Å²) in [6.07, 6.45) is 13.1. The van der Waals surface area contributed by atoms with Crippen molar-refractivity contribution in [2.75, 3.05) is 0 Å². The number of rotatable bonds is 5. The van der Waals surface area contributed by atoms with Gasteiger partial charge in [-0.15, -0.1) is 22.7 Å². The number of ketones is 1. The first-order valence-corrected chi connectivity index (χ1v) is 25.5. The van der Waals surface area contributed by atoms with E-state index in [0.29, 0.717) is 0 Å². The van der Waals surface area contributed by atoms with Crippen molar-refractivity contribution in [3.63, 3.8) is 0 Å². The molecule has 1 nitrogen and oxygen atoms in total. The summed E-state index contributed by atoms with van der Waals surface area (Å²) in [5.41, 5.74) is 32.7. The van der Waals surface area contributed by atoms with E-state index in [1.165, 1.54) is 136 Å². The highest BCUT2D eigenvalue weighted by Gasteiger charge is 2.16. The molecular weight excluding hydrogens is 837 g/mol. The van der Waals surface area contributed by atoms with E-state index in [2.05, 4.69) is 210 Å². The molecule has 0 N–H and O–H groups in total. The zero-order valence-electron chi connectivity index (χ0n) is 47.2. The Labute approximate surface area is 414 Å². The van der Waals surface area contributed by atoms with Crippen LogP contribution in [0.15, 0.2) is 23.8 Å². The average Bonchev–Trinajstić information content (AvgIpc) is 3.66. The van der Waals surface area contributed by atoms with Gasteiger partial charge in [-0.05, 0) is 322 Å². The fourth-order valence-corrected chi connectivity index (χ4v) is 10.8. The summed E-state index contributed by atoms with van der Waals surface area (Å²) in [5.74, 6) is 0.172. The average molecular weight is 928 g/mol. The van der Waals surface area contributed by atoms with Gasteiger partial charge in [-0.2, -0.15) is 0 Å². The van der Waals surface area contributed by atoms with Crippen LogP contribution in [-0.4, -0.2) is 5.78 Å². The fraction of sp³-hybridized carbons (Fsp3) is 0.444. The molecule has 0 aliphatic heterocycles. The molecule has 0 spiro atoms. The zero-order chi connectivity index (χ0) is 51.4. The van der Waals surface area contributed by atoms with Crippen LogP contribution < -0.4 is 0 Å². The first-order valence-electron chi connectivity index (χ1n) is 23.9. The number of Topliss-reactive ketones (excluding diaryl/α,β-unsaturated/α-hetero) is 1. The lowest BCUT2D eigenvalue weighted by Crippen LogP contribution is -2.06. The lowest BCUT2D eigenvalue weighted by molar-refractivity contribution is 0.101. The summed E-state index contributed by atoms with van der Waals surface area (Å²) in [5, 5.41) is 0. The Hall–Kier alpha value is -4.31. The van der Waals surface area contributed by atoms with Gasteiger partial charge >= 0.3 is 0 Å². The second kappa shape index (κ2) is 26.3. The van der Waals surface area contributed by atoms with E-state index in [-0.39, 0.29) is 5.78 Å². The van der Waals surface area contributed by atoms with Gasteiger partial charge in [0.05, 0.1) is 0 Å². The molecule has 5 aromatic rings. The predicted octanol–water partition coefficient (Wildman–Crippen LogP) is 20.1. The maximum Gasteiger partial charge on any atom is 0.160 e. The number of carbonyl (C=O) groups excluding carboxylic acids is 1. The maximum atomic E-state index is 11.5. The summed E-state index contributed by atoms with van der Waals surface area (Å²) in [6.45, 7) is 60.1. The number of thiophene rings is 2. The molecule has 0 saturated carbocycles. The van der Waals surface area contributed by atoms with Crippen molar-refractivity contribution < 1.29 is 4.79 Å². The number of benzene rings is 3. The highest BCUT2D eigenvalue weighted by molar-refractivity contribution is 7.13. The van der Waals surface area contributed by atoms with Crippen molar-refractivity contribution in [2.24, 2.45) is 0 Å². The van der Waals surface area contributed by atoms with E-state index in [0.717, 1.165) is 16.7 Å². The third-order valence-electron chi connectivity index (χ3n) is 14.7. The van der Waals surface area contributed by atoms with Crippen molar-refractivity contribution in [1.29, 1.82) is 0 Å². The van der Waals surface area contributed by atoms with Gasteiger partial charge < -0.3 is 0 Å². The van der Waals surface area contributed by atoms with Crippen LogP contribution in [0.4, 0.5) is 0 Å². The normalized spacial score (nSPS) is 11.1. The van der Waals surface area contributed by atoms with Gasteiger partial charge in [0, 0.05) is 25.1 Å². The van der Waals surface area contributed by atoms with Gasteiger partial charge in [0.2, 0.25) is 0 Å². The van der Waals surface area contributed by atoms with Crippen LogP contribution in [0.25, 0.3) is 23.8 Å². The molecule has 0 fully saturated rings. The quantitative estimate of drug-likeness (QED) is 0.161. The van der Waals surface area contributed by atoms with Crippen LogP contribution in [0.1, 0.15) is 195 Å². The van der Waals surface area contributed by atoms with Gasteiger partial charge in [-0.3, -0.25) is 4.79 Å². The highest BCUT2D eigenvalue weighted by Crippen LogP contribution is 2.32. The maximum absolute atomic E-state index is 11.5. The van der Waals surface area contributed by atoms with Crippen molar-refractivity contribution in [1.82, 2.24) is 0 Å². The molecule has 0 amide bonds. The molecule has 0 bridgehead atoms. The molecule has 3 heteroatoms. The summed E-state index contributed by atoms with van der Waals surface area (Å²) in [6, 6.07) is 0. The summed E-state index contributed by atoms with van der Waals surface area (Å²) in [4.78, 5) is 17.2. The molecule has 5 rings (SSSR count). The van der Waals surface area contributed by atoms with E-state index in [4.69, 9.17) is 0 Å². The zero-order valence-corrected chi connectivity index (χ0v) is 48.8. The van der Waals surface area contributed by atoms with Crippen molar-refractivity contribution in [3.8, 4) is 0 Å². The standard InChI is InChI=1S/2C15H22.C13H18O.2C10H14S/c1-9(2)8-15-13(6)11(4)10(3)12(5)14(15)7;1-8-9(2)15-13(6)11(4)10(3)12(5)14(15)7;1-7-8(2)10(4)13(12(6)14)11(5)9(7)3;1-5-6-10-7(2)8(3)11-9(10)4;1-5-6-10-8(3)7(2)9(4)11-10/h2*8H,1-7H3;1-6H3;2*5-6H,1-4H3. The molecule has 2 heterocycles. The van der Waals surface area contributed by atoms with Gasteiger partial charge in [-0.25, -0.2) is 0 Å². The first kappa shape index (κ1) is 59.7. The molecule has 0 unspecified atom stereocenters. The van der Waals surface area contributed by atoms with E-state index < -0.39 is 0 Å². The molecule has 0 atom stereocenters. The Bertz CT molecular complexity index is 2560. The van der Waals surface area contributed by atoms with Gasteiger partial charge in [0.15, 0.2) is 5.78 Å². The molecule has 3 aromatic carbocycles. The second-order valence-corrected chi connectivity index (χ2v) is 21.5. The van der Waals surface area contributed by atoms with Crippen molar-refractivity contribution >= 4 is 52.3 Å². The minimum Gasteiger partial charge on any atom is -0.294 e. The number of hydrogen-bond donors (Lipinski definition) is 0. The molecular formula is C63H90OS2. The molecule has 360 valence electrons.